The quantitative estimate of drug-likeness (QED) is 0.674. The van der Waals surface area contributed by atoms with Crippen LogP contribution in [0.2, 0.25) is 10.0 Å². The fourth-order valence-corrected chi connectivity index (χ4v) is 1.43. The number of anilines is 1. The second-order valence-electron chi connectivity index (χ2n) is 3.02. The molecular weight excluding hydrogens is 269 g/mol. The Balaban J connectivity index is 2.86. The third kappa shape index (κ3) is 3.51. The van der Waals surface area contributed by atoms with E-state index >= 15 is 0 Å². The molecule has 0 fully saturated rings. The van der Waals surface area contributed by atoms with Crippen LogP contribution in [0.4, 0.5) is 5.69 Å². The molecule has 7 heteroatoms. The highest BCUT2D eigenvalue weighted by Crippen LogP contribution is 2.29. The highest BCUT2D eigenvalue weighted by atomic mass is 35.5. The average Bonchev–Trinajstić information content (AvgIpc) is 2.30. The van der Waals surface area contributed by atoms with Gasteiger partial charge in [0.2, 0.25) is 0 Å². The number of methoxy groups -OCH3 is 1. The van der Waals surface area contributed by atoms with Gasteiger partial charge < -0.3 is 15.2 Å². The van der Waals surface area contributed by atoms with E-state index in [1.165, 1.54) is 19.2 Å². The van der Waals surface area contributed by atoms with Gasteiger partial charge in [0, 0.05) is 5.69 Å². The molecule has 0 aliphatic carbocycles. The summed E-state index contributed by atoms with van der Waals surface area (Å²) in [6.45, 7) is -0.502. The minimum Gasteiger partial charge on any atom is -0.466 e. The number of nitrogens with two attached hydrogens (primary N) is 1. The summed E-state index contributed by atoms with van der Waals surface area (Å²) in [5, 5.41) is 0.160. The van der Waals surface area contributed by atoms with Gasteiger partial charge in [-0.1, -0.05) is 23.2 Å². The van der Waals surface area contributed by atoms with Crippen LogP contribution in [0.5, 0.6) is 0 Å². The first-order chi connectivity index (χ1) is 7.95. The summed E-state index contributed by atoms with van der Waals surface area (Å²) in [6.07, 6.45) is 0. The van der Waals surface area contributed by atoms with Crippen LogP contribution in [0, 0.1) is 0 Å². The Morgan fingerprint density at radius 2 is 2.00 bits per heavy atom. The van der Waals surface area contributed by atoms with E-state index in [0.717, 1.165) is 0 Å². The molecule has 0 aromatic heterocycles. The lowest BCUT2D eigenvalue weighted by Gasteiger charge is -2.07. The largest absolute Gasteiger partial charge is 0.466 e. The molecule has 1 rings (SSSR count). The Morgan fingerprint density at radius 1 is 1.35 bits per heavy atom. The van der Waals surface area contributed by atoms with Gasteiger partial charge >= 0.3 is 11.9 Å². The molecule has 17 heavy (non-hydrogen) atoms. The normalized spacial score (nSPS) is 9.82. The van der Waals surface area contributed by atoms with Crippen LogP contribution in [0.3, 0.4) is 0 Å². The summed E-state index contributed by atoms with van der Waals surface area (Å²) in [4.78, 5) is 22.3. The maximum Gasteiger partial charge on any atom is 0.344 e. The van der Waals surface area contributed by atoms with E-state index in [1.807, 2.05) is 0 Å². The van der Waals surface area contributed by atoms with Gasteiger partial charge in [-0.25, -0.2) is 9.59 Å². The molecule has 1 aromatic carbocycles. The second-order valence-corrected chi connectivity index (χ2v) is 3.80. The number of esters is 2. The fraction of sp³-hybridized carbons (Fsp3) is 0.200. The lowest BCUT2D eigenvalue weighted by atomic mass is 10.2. The van der Waals surface area contributed by atoms with E-state index in [1.54, 1.807) is 0 Å². The zero-order valence-electron chi connectivity index (χ0n) is 8.83. The summed E-state index contributed by atoms with van der Waals surface area (Å²) in [6, 6.07) is 2.72. The number of rotatable bonds is 3. The third-order valence-electron chi connectivity index (χ3n) is 1.82. The van der Waals surface area contributed by atoms with E-state index < -0.39 is 18.5 Å². The molecule has 0 heterocycles. The number of carbonyl (C=O) groups is 2. The Hall–Kier alpha value is -1.46. The maximum atomic E-state index is 11.6. The second kappa shape index (κ2) is 5.75. The molecule has 0 aliphatic rings. The van der Waals surface area contributed by atoms with Crippen molar-refractivity contribution < 1.29 is 19.1 Å². The van der Waals surface area contributed by atoms with E-state index in [4.69, 9.17) is 28.9 Å². The van der Waals surface area contributed by atoms with Crippen molar-refractivity contribution in [2.45, 2.75) is 0 Å². The average molecular weight is 278 g/mol. The molecular formula is C10H9Cl2NO4. The van der Waals surface area contributed by atoms with Crippen LogP contribution in [0.25, 0.3) is 0 Å². The molecule has 0 unspecified atom stereocenters. The smallest absolute Gasteiger partial charge is 0.344 e. The Labute approximate surface area is 107 Å². The Morgan fingerprint density at radius 3 is 2.59 bits per heavy atom. The van der Waals surface area contributed by atoms with Gasteiger partial charge in [0.05, 0.1) is 22.7 Å². The summed E-state index contributed by atoms with van der Waals surface area (Å²) in [5.74, 6) is -1.47. The summed E-state index contributed by atoms with van der Waals surface area (Å²) < 4.78 is 8.97. The lowest BCUT2D eigenvalue weighted by molar-refractivity contribution is -0.144. The molecule has 0 aliphatic heterocycles. The van der Waals surface area contributed by atoms with Gasteiger partial charge in [-0.3, -0.25) is 0 Å². The van der Waals surface area contributed by atoms with Crippen molar-refractivity contribution in [3.8, 4) is 0 Å². The monoisotopic (exact) mass is 277 g/mol. The zero-order valence-corrected chi connectivity index (χ0v) is 10.3. The van der Waals surface area contributed by atoms with Crippen molar-refractivity contribution in [3.05, 3.63) is 27.7 Å². The van der Waals surface area contributed by atoms with Crippen molar-refractivity contribution >= 4 is 40.8 Å². The number of halogens is 2. The van der Waals surface area contributed by atoms with Crippen molar-refractivity contribution in [1.29, 1.82) is 0 Å². The molecule has 0 radical (unpaired) electrons. The van der Waals surface area contributed by atoms with Crippen LogP contribution >= 0.6 is 23.2 Å². The predicted molar refractivity (Wildman–Crippen MR) is 63.2 cm³/mol. The number of hydrogen-bond acceptors (Lipinski definition) is 5. The van der Waals surface area contributed by atoms with Crippen LogP contribution in [-0.2, 0) is 14.3 Å². The maximum absolute atomic E-state index is 11.6. The van der Waals surface area contributed by atoms with Crippen molar-refractivity contribution in [1.82, 2.24) is 0 Å². The standard InChI is InChI=1S/C10H9Cl2NO4/c1-16-8(14)4-17-10(15)6-2-5(13)3-7(11)9(6)12/h2-3H,4,13H2,1H3. The molecule has 0 spiro atoms. The zero-order chi connectivity index (χ0) is 13.0. The lowest BCUT2D eigenvalue weighted by Crippen LogP contribution is -2.15. The van der Waals surface area contributed by atoms with Crippen LogP contribution < -0.4 is 5.73 Å². The van der Waals surface area contributed by atoms with Crippen molar-refractivity contribution in [2.24, 2.45) is 0 Å². The van der Waals surface area contributed by atoms with E-state index in [-0.39, 0.29) is 21.3 Å². The van der Waals surface area contributed by atoms with Gasteiger partial charge in [-0.05, 0) is 12.1 Å². The number of hydrogen-bond donors (Lipinski definition) is 1. The number of nitrogen functional groups attached to an aromatic ring is 1. The van der Waals surface area contributed by atoms with Gasteiger partial charge in [0.25, 0.3) is 0 Å². The summed E-state index contributed by atoms with van der Waals surface area (Å²) in [7, 11) is 1.18. The first kappa shape index (κ1) is 13.6. The molecule has 5 nitrogen and oxygen atoms in total. The van der Waals surface area contributed by atoms with Crippen LogP contribution in [0.15, 0.2) is 12.1 Å². The van der Waals surface area contributed by atoms with Gasteiger partial charge in [-0.2, -0.15) is 0 Å². The minimum atomic E-state index is -0.797. The molecule has 1 aromatic rings. The molecule has 0 atom stereocenters. The highest BCUT2D eigenvalue weighted by Gasteiger charge is 2.16. The van der Waals surface area contributed by atoms with Crippen molar-refractivity contribution in [3.63, 3.8) is 0 Å². The molecule has 0 saturated heterocycles. The highest BCUT2D eigenvalue weighted by molar-refractivity contribution is 6.44. The van der Waals surface area contributed by atoms with Crippen LogP contribution in [-0.4, -0.2) is 25.7 Å². The van der Waals surface area contributed by atoms with E-state index in [9.17, 15) is 9.59 Å². The molecule has 2 N–H and O–H groups in total. The van der Waals surface area contributed by atoms with Gasteiger partial charge in [0.15, 0.2) is 6.61 Å². The SMILES string of the molecule is COC(=O)COC(=O)c1cc(N)cc(Cl)c1Cl. The predicted octanol–water partition coefficient (Wildman–Crippen LogP) is 1.91. The number of benzene rings is 1. The van der Waals surface area contributed by atoms with Crippen LogP contribution in [0.1, 0.15) is 10.4 Å². The number of carbonyl (C=O) groups excluding carboxylic acids is 2. The van der Waals surface area contributed by atoms with Gasteiger partial charge in [0.1, 0.15) is 0 Å². The summed E-state index contributed by atoms with van der Waals surface area (Å²) in [5.41, 5.74) is 5.77. The van der Waals surface area contributed by atoms with Crippen molar-refractivity contribution in [2.75, 3.05) is 19.5 Å². The minimum absolute atomic E-state index is 0.000528. The number of ether oxygens (including phenoxy) is 2. The third-order valence-corrected chi connectivity index (χ3v) is 2.62. The molecule has 0 amide bonds. The molecule has 0 saturated carbocycles. The topological polar surface area (TPSA) is 78.6 Å². The Bertz CT molecular complexity index is 462. The first-order valence-corrected chi connectivity index (χ1v) is 5.19. The van der Waals surface area contributed by atoms with Gasteiger partial charge in [-0.15, -0.1) is 0 Å². The van der Waals surface area contributed by atoms with E-state index in [2.05, 4.69) is 9.47 Å². The Kier molecular flexibility index (Phi) is 4.60. The fourth-order valence-electron chi connectivity index (χ4n) is 1.02. The molecule has 92 valence electrons. The summed E-state index contributed by atoms with van der Waals surface area (Å²) >= 11 is 11.5. The first-order valence-electron chi connectivity index (χ1n) is 4.44. The molecule has 0 bridgehead atoms. The van der Waals surface area contributed by atoms with E-state index in [0.29, 0.717) is 0 Å².